The monoisotopic (exact) mass is 428 g/mol. The molecule has 0 aromatic heterocycles. The Balaban J connectivity index is 1.77. The minimum Gasteiger partial charge on any atom is -0.322 e. The van der Waals surface area contributed by atoms with Crippen molar-refractivity contribution in [1.29, 1.82) is 0 Å². The molecule has 1 N–H and O–H groups in total. The lowest BCUT2D eigenvalue weighted by Gasteiger charge is -2.18. The highest BCUT2D eigenvalue weighted by atomic mass is 35.5. The summed E-state index contributed by atoms with van der Waals surface area (Å²) >= 11 is 5.85. The van der Waals surface area contributed by atoms with Gasteiger partial charge in [0.2, 0.25) is 10.0 Å². The molecule has 0 aliphatic heterocycles. The summed E-state index contributed by atoms with van der Waals surface area (Å²) in [6, 6.07) is 20.6. The topological polar surface area (TPSA) is 66.5 Å². The molecule has 0 saturated carbocycles. The van der Waals surface area contributed by atoms with E-state index < -0.39 is 10.0 Å². The maximum atomic E-state index is 12.9. The number of amides is 1. The molecular weight excluding hydrogens is 408 g/mol. The van der Waals surface area contributed by atoms with Gasteiger partial charge in [-0.1, -0.05) is 41.9 Å². The molecule has 150 valence electrons. The van der Waals surface area contributed by atoms with Gasteiger partial charge in [-0.15, -0.1) is 0 Å². The third-order valence-electron chi connectivity index (χ3n) is 4.51. The third-order valence-corrected chi connectivity index (χ3v) is 6.56. The van der Waals surface area contributed by atoms with Crippen molar-refractivity contribution >= 4 is 33.2 Å². The summed E-state index contributed by atoms with van der Waals surface area (Å²) in [5.41, 5.74) is 2.58. The van der Waals surface area contributed by atoms with Crippen LogP contribution in [0.3, 0.4) is 0 Å². The van der Waals surface area contributed by atoms with Crippen molar-refractivity contribution in [3.05, 3.63) is 94.5 Å². The SMILES string of the molecule is Cc1cc(S(=O)(=O)N(C)Cc2ccccc2)ccc1NC(=O)c1ccc(Cl)cc1. The summed E-state index contributed by atoms with van der Waals surface area (Å²) < 4.78 is 27.1. The molecule has 3 aromatic rings. The van der Waals surface area contributed by atoms with Crippen LogP contribution in [-0.2, 0) is 16.6 Å². The molecule has 1 amide bonds. The first-order chi connectivity index (χ1) is 13.8. The number of benzene rings is 3. The quantitative estimate of drug-likeness (QED) is 0.617. The highest BCUT2D eigenvalue weighted by Gasteiger charge is 2.22. The molecule has 0 fully saturated rings. The minimum atomic E-state index is -3.66. The molecule has 0 saturated heterocycles. The summed E-state index contributed by atoms with van der Waals surface area (Å²) in [5, 5.41) is 3.35. The highest BCUT2D eigenvalue weighted by molar-refractivity contribution is 7.89. The lowest BCUT2D eigenvalue weighted by molar-refractivity contribution is 0.102. The van der Waals surface area contributed by atoms with Gasteiger partial charge in [0.05, 0.1) is 4.90 Å². The number of carbonyl (C=O) groups excluding carboxylic acids is 1. The first-order valence-electron chi connectivity index (χ1n) is 8.95. The van der Waals surface area contributed by atoms with Gasteiger partial charge in [-0.05, 0) is 60.5 Å². The first-order valence-corrected chi connectivity index (χ1v) is 10.8. The van der Waals surface area contributed by atoms with E-state index in [2.05, 4.69) is 5.32 Å². The Morgan fingerprint density at radius 1 is 1.00 bits per heavy atom. The van der Waals surface area contributed by atoms with Crippen molar-refractivity contribution in [1.82, 2.24) is 4.31 Å². The molecule has 3 rings (SSSR count). The number of rotatable bonds is 6. The van der Waals surface area contributed by atoms with Crippen LogP contribution in [0.1, 0.15) is 21.5 Å². The lowest BCUT2D eigenvalue weighted by Crippen LogP contribution is -2.26. The maximum absolute atomic E-state index is 12.9. The smallest absolute Gasteiger partial charge is 0.255 e. The Morgan fingerprint density at radius 2 is 1.66 bits per heavy atom. The molecule has 0 unspecified atom stereocenters. The van der Waals surface area contributed by atoms with Crippen LogP contribution in [0.2, 0.25) is 5.02 Å². The number of halogens is 1. The second kappa shape index (κ2) is 8.78. The minimum absolute atomic E-state index is 0.179. The van der Waals surface area contributed by atoms with Crippen LogP contribution in [-0.4, -0.2) is 25.7 Å². The molecule has 0 heterocycles. The number of aryl methyl sites for hydroxylation is 1. The average molecular weight is 429 g/mol. The van der Waals surface area contributed by atoms with Crippen LogP contribution < -0.4 is 5.32 Å². The first kappa shape index (κ1) is 21.0. The molecule has 0 aliphatic rings. The van der Waals surface area contributed by atoms with E-state index in [-0.39, 0.29) is 17.3 Å². The fraction of sp³-hybridized carbons (Fsp3) is 0.136. The molecule has 29 heavy (non-hydrogen) atoms. The van der Waals surface area contributed by atoms with Gasteiger partial charge in [-0.25, -0.2) is 8.42 Å². The summed E-state index contributed by atoms with van der Waals surface area (Å²) in [4.78, 5) is 12.6. The maximum Gasteiger partial charge on any atom is 0.255 e. The Kier molecular flexibility index (Phi) is 6.37. The molecule has 5 nitrogen and oxygen atoms in total. The van der Waals surface area contributed by atoms with E-state index in [9.17, 15) is 13.2 Å². The van der Waals surface area contributed by atoms with Gasteiger partial charge in [0, 0.05) is 29.9 Å². The van der Waals surface area contributed by atoms with E-state index in [1.807, 2.05) is 30.3 Å². The average Bonchev–Trinajstić information content (AvgIpc) is 2.70. The number of carbonyl (C=O) groups is 1. The van der Waals surface area contributed by atoms with Crippen LogP contribution in [0.4, 0.5) is 5.69 Å². The Bertz CT molecular complexity index is 1110. The normalized spacial score (nSPS) is 11.4. The van der Waals surface area contributed by atoms with Gasteiger partial charge >= 0.3 is 0 Å². The number of anilines is 1. The summed E-state index contributed by atoms with van der Waals surface area (Å²) in [5.74, 6) is -0.290. The Labute approximate surface area is 176 Å². The summed E-state index contributed by atoms with van der Waals surface area (Å²) in [7, 11) is -2.11. The van der Waals surface area contributed by atoms with Crippen molar-refractivity contribution in [3.8, 4) is 0 Å². The fourth-order valence-corrected chi connectivity index (χ4v) is 4.21. The molecule has 7 heteroatoms. The van der Waals surface area contributed by atoms with Gasteiger partial charge in [-0.2, -0.15) is 4.31 Å². The zero-order valence-corrected chi connectivity index (χ0v) is 17.7. The van der Waals surface area contributed by atoms with Crippen LogP contribution in [0.15, 0.2) is 77.7 Å². The lowest BCUT2D eigenvalue weighted by atomic mass is 10.1. The largest absolute Gasteiger partial charge is 0.322 e. The molecule has 0 bridgehead atoms. The predicted octanol–water partition coefficient (Wildman–Crippen LogP) is 4.72. The molecule has 3 aromatic carbocycles. The van der Waals surface area contributed by atoms with E-state index in [0.717, 1.165) is 5.56 Å². The van der Waals surface area contributed by atoms with E-state index in [1.54, 1.807) is 50.4 Å². The standard InChI is InChI=1S/C22H21ClN2O3S/c1-16-14-20(29(27,28)25(2)15-17-6-4-3-5-7-17)12-13-21(16)24-22(26)18-8-10-19(23)11-9-18/h3-14H,15H2,1-2H3,(H,24,26). The second-order valence-electron chi connectivity index (χ2n) is 6.68. The van der Waals surface area contributed by atoms with Crippen molar-refractivity contribution in [2.24, 2.45) is 0 Å². The van der Waals surface area contributed by atoms with E-state index in [4.69, 9.17) is 11.6 Å². The van der Waals surface area contributed by atoms with E-state index in [1.165, 1.54) is 10.4 Å². The second-order valence-corrected chi connectivity index (χ2v) is 9.17. The van der Waals surface area contributed by atoms with Crippen molar-refractivity contribution in [2.75, 3.05) is 12.4 Å². The molecule has 0 radical (unpaired) electrons. The van der Waals surface area contributed by atoms with Gasteiger partial charge in [0.25, 0.3) is 5.91 Å². The predicted molar refractivity (Wildman–Crippen MR) is 116 cm³/mol. The van der Waals surface area contributed by atoms with Crippen molar-refractivity contribution in [2.45, 2.75) is 18.4 Å². The van der Waals surface area contributed by atoms with Crippen LogP contribution in [0.25, 0.3) is 0 Å². The van der Waals surface area contributed by atoms with E-state index >= 15 is 0 Å². The van der Waals surface area contributed by atoms with Crippen LogP contribution >= 0.6 is 11.6 Å². The third kappa shape index (κ3) is 5.03. The number of hydrogen-bond acceptors (Lipinski definition) is 3. The summed E-state index contributed by atoms with van der Waals surface area (Å²) in [6.45, 7) is 2.03. The number of nitrogens with one attached hydrogen (secondary N) is 1. The Morgan fingerprint density at radius 3 is 2.28 bits per heavy atom. The Hall–Kier alpha value is -2.67. The molecular formula is C22H21ClN2O3S. The molecule has 0 spiro atoms. The highest BCUT2D eigenvalue weighted by Crippen LogP contribution is 2.23. The van der Waals surface area contributed by atoms with Crippen molar-refractivity contribution in [3.63, 3.8) is 0 Å². The molecule has 0 aliphatic carbocycles. The van der Waals surface area contributed by atoms with Gasteiger partial charge in [0.15, 0.2) is 0 Å². The zero-order valence-electron chi connectivity index (χ0n) is 16.1. The number of sulfonamides is 1. The zero-order chi connectivity index (χ0) is 21.0. The number of hydrogen-bond donors (Lipinski definition) is 1. The van der Waals surface area contributed by atoms with E-state index in [0.29, 0.717) is 21.8 Å². The fourth-order valence-electron chi connectivity index (χ4n) is 2.84. The number of nitrogens with zero attached hydrogens (tertiary/aromatic N) is 1. The van der Waals surface area contributed by atoms with Crippen LogP contribution in [0, 0.1) is 6.92 Å². The van der Waals surface area contributed by atoms with Gasteiger partial charge in [-0.3, -0.25) is 4.79 Å². The molecule has 0 atom stereocenters. The van der Waals surface area contributed by atoms with Gasteiger partial charge < -0.3 is 5.32 Å². The van der Waals surface area contributed by atoms with Gasteiger partial charge in [0.1, 0.15) is 0 Å². The van der Waals surface area contributed by atoms with Crippen LogP contribution in [0.5, 0.6) is 0 Å². The summed E-state index contributed by atoms with van der Waals surface area (Å²) in [6.07, 6.45) is 0. The van der Waals surface area contributed by atoms with Crippen molar-refractivity contribution < 1.29 is 13.2 Å².